The molecule has 0 spiro atoms. The van der Waals surface area contributed by atoms with Crippen LogP contribution in [-0.2, 0) is 4.79 Å². The summed E-state index contributed by atoms with van der Waals surface area (Å²) in [6.45, 7) is 3.68. The third-order valence-corrected chi connectivity index (χ3v) is 2.49. The fraction of sp³-hybridized carbons (Fsp3) is 0.333. The number of carbonyl (C=O) groups excluding carboxylic acids is 2. The fourth-order valence-electron chi connectivity index (χ4n) is 1.60. The minimum atomic E-state index is -0.620. The molecule has 1 aromatic carbocycles. The first-order valence-electron chi connectivity index (χ1n) is 4.80. The van der Waals surface area contributed by atoms with Crippen molar-refractivity contribution in [3.05, 3.63) is 28.8 Å². The van der Waals surface area contributed by atoms with E-state index in [1.165, 1.54) is 7.11 Å². The number of Topliss-reactive ketones (excluding diaryl/α,β-unsaturated/α-hetero) is 2. The van der Waals surface area contributed by atoms with Gasteiger partial charge in [-0.05, 0) is 31.0 Å². The van der Waals surface area contributed by atoms with E-state index in [9.17, 15) is 9.59 Å². The van der Waals surface area contributed by atoms with Gasteiger partial charge in [0.05, 0.1) is 18.6 Å². The van der Waals surface area contributed by atoms with Crippen molar-refractivity contribution in [2.75, 3.05) is 13.0 Å². The standard InChI is InChI=1S/C12H13ClO3/c1-7-4-8(2)12(16-3)9(5-7)11(15)10(14)6-13/h4-5H,6H2,1-3H3. The molecule has 0 fully saturated rings. The molecule has 0 N–H and O–H groups in total. The summed E-state index contributed by atoms with van der Waals surface area (Å²) >= 11 is 5.36. The number of hydrogen-bond acceptors (Lipinski definition) is 3. The van der Waals surface area contributed by atoms with Gasteiger partial charge >= 0.3 is 0 Å². The van der Waals surface area contributed by atoms with Gasteiger partial charge in [0.15, 0.2) is 0 Å². The zero-order valence-corrected chi connectivity index (χ0v) is 10.2. The predicted octanol–water partition coefficient (Wildman–Crippen LogP) is 2.30. The Labute approximate surface area is 99.4 Å². The molecule has 1 aromatic rings. The van der Waals surface area contributed by atoms with Crippen LogP contribution in [0.15, 0.2) is 12.1 Å². The smallest absolute Gasteiger partial charge is 0.233 e. The van der Waals surface area contributed by atoms with Crippen LogP contribution >= 0.6 is 11.6 Å². The lowest BCUT2D eigenvalue weighted by Gasteiger charge is -2.10. The van der Waals surface area contributed by atoms with Gasteiger partial charge < -0.3 is 4.74 Å². The molecule has 1 rings (SSSR count). The molecule has 4 heteroatoms. The van der Waals surface area contributed by atoms with Gasteiger partial charge in [-0.2, -0.15) is 0 Å². The Morgan fingerprint density at radius 3 is 2.44 bits per heavy atom. The molecule has 0 bridgehead atoms. The van der Waals surface area contributed by atoms with Crippen LogP contribution in [0.2, 0.25) is 0 Å². The van der Waals surface area contributed by atoms with Crippen LogP contribution in [0.5, 0.6) is 5.75 Å². The largest absolute Gasteiger partial charge is 0.496 e. The van der Waals surface area contributed by atoms with E-state index in [0.717, 1.165) is 11.1 Å². The van der Waals surface area contributed by atoms with Gasteiger partial charge in [0.2, 0.25) is 11.6 Å². The van der Waals surface area contributed by atoms with E-state index in [4.69, 9.17) is 16.3 Å². The highest BCUT2D eigenvalue weighted by Crippen LogP contribution is 2.25. The second kappa shape index (κ2) is 5.12. The lowest BCUT2D eigenvalue weighted by Crippen LogP contribution is -2.17. The van der Waals surface area contributed by atoms with E-state index in [0.29, 0.717) is 5.75 Å². The van der Waals surface area contributed by atoms with Crippen LogP contribution in [0.3, 0.4) is 0 Å². The zero-order chi connectivity index (χ0) is 12.3. The first-order valence-corrected chi connectivity index (χ1v) is 5.33. The van der Waals surface area contributed by atoms with E-state index < -0.39 is 11.6 Å². The number of rotatable bonds is 4. The molecule has 0 aliphatic heterocycles. The van der Waals surface area contributed by atoms with E-state index in [1.54, 1.807) is 6.07 Å². The third-order valence-electron chi connectivity index (χ3n) is 2.24. The molecule has 0 saturated carbocycles. The highest BCUT2D eigenvalue weighted by atomic mass is 35.5. The summed E-state index contributed by atoms with van der Waals surface area (Å²) < 4.78 is 5.13. The Bertz CT molecular complexity index is 438. The molecule has 86 valence electrons. The Hall–Kier alpha value is -1.35. The molecule has 16 heavy (non-hydrogen) atoms. The highest BCUT2D eigenvalue weighted by molar-refractivity contribution is 6.51. The van der Waals surface area contributed by atoms with E-state index >= 15 is 0 Å². The number of methoxy groups -OCH3 is 1. The number of aryl methyl sites for hydroxylation is 2. The van der Waals surface area contributed by atoms with Gasteiger partial charge in [0.25, 0.3) is 0 Å². The Morgan fingerprint density at radius 2 is 1.94 bits per heavy atom. The first-order chi connectivity index (χ1) is 7.51. The number of hydrogen-bond donors (Lipinski definition) is 0. The van der Waals surface area contributed by atoms with Crippen molar-refractivity contribution in [2.45, 2.75) is 13.8 Å². The molecule has 3 nitrogen and oxygen atoms in total. The van der Waals surface area contributed by atoms with E-state index in [2.05, 4.69) is 0 Å². The second-order valence-corrected chi connectivity index (χ2v) is 3.82. The van der Waals surface area contributed by atoms with Crippen LogP contribution in [0.1, 0.15) is 21.5 Å². The summed E-state index contributed by atoms with van der Waals surface area (Å²) in [5.41, 5.74) is 2.02. The highest BCUT2D eigenvalue weighted by Gasteiger charge is 2.20. The summed E-state index contributed by atoms with van der Waals surface area (Å²) in [7, 11) is 1.47. The van der Waals surface area contributed by atoms with Crippen molar-refractivity contribution in [3.8, 4) is 5.75 Å². The molecular formula is C12H13ClO3. The molecule has 0 amide bonds. The third kappa shape index (κ3) is 2.42. The average molecular weight is 241 g/mol. The summed E-state index contributed by atoms with van der Waals surface area (Å²) in [6, 6.07) is 3.53. The van der Waals surface area contributed by atoms with Crippen molar-refractivity contribution in [1.29, 1.82) is 0 Å². The fourth-order valence-corrected chi connectivity index (χ4v) is 1.73. The van der Waals surface area contributed by atoms with Crippen molar-refractivity contribution in [3.63, 3.8) is 0 Å². The van der Waals surface area contributed by atoms with E-state index in [1.807, 2.05) is 19.9 Å². The van der Waals surface area contributed by atoms with Gasteiger partial charge in [0, 0.05) is 0 Å². The number of benzene rings is 1. The van der Waals surface area contributed by atoms with Gasteiger partial charge in [0.1, 0.15) is 5.75 Å². The van der Waals surface area contributed by atoms with Crippen molar-refractivity contribution in [1.82, 2.24) is 0 Å². The maximum absolute atomic E-state index is 11.7. The van der Waals surface area contributed by atoms with Crippen LogP contribution in [0, 0.1) is 13.8 Å². The van der Waals surface area contributed by atoms with Gasteiger partial charge in [-0.25, -0.2) is 0 Å². The van der Waals surface area contributed by atoms with Gasteiger partial charge in [-0.3, -0.25) is 9.59 Å². The summed E-state index contributed by atoms with van der Waals surface area (Å²) in [6.07, 6.45) is 0. The zero-order valence-electron chi connectivity index (χ0n) is 9.46. The van der Waals surface area contributed by atoms with Crippen LogP contribution in [0.4, 0.5) is 0 Å². The summed E-state index contributed by atoms with van der Waals surface area (Å²) in [5.74, 6) is -1.09. The lowest BCUT2D eigenvalue weighted by atomic mass is 10.0. The number of ketones is 2. The number of ether oxygens (including phenoxy) is 1. The predicted molar refractivity (Wildman–Crippen MR) is 62.5 cm³/mol. The lowest BCUT2D eigenvalue weighted by molar-refractivity contribution is -0.112. The molecule has 0 heterocycles. The van der Waals surface area contributed by atoms with Crippen LogP contribution in [-0.4, -0.2) is 24.6 Å². The first kappa shape index (κ1) is 12.7. The maximum Gasteiger partial charge on any atom is 0.233 e. The van der Waals surface area contributed by atoms with Gasteiger partial charge in [-0.15, -0.1) is 11.6 Å². The van der Waals surface area contributed by atoms with Crippen LogP contribution in [0.25, 0.3) is 0 Å². The molecule has 0 saturated heterocycles. The minimum Gasteiger partial charge on any atom is -0.496 e. The SMILES string of the molecule is COc1c(C)cc(C)cc1C(=O)C(=O)CCl. The number of alkyl halides is 1. The van der Waals surface area contributed by atoms with E-state index in [-0.39, 0.29) is 11.4 Å². The average Bonchev–Trinajstić information content (AvgIpc) is 2.26. The number of halogens is 1. The molecule has 0 aliphatic carbocycles. The normalized spacial score (nSPS) is 10.0. The van der Waals surface area contributed by atoms with Crippen molar-refractivity contribution >= 4 is 23.2 Å². The molecule has 0 aromatic heterocycles. The topological polar surface area (TPSA) is 43.4 Å². The molecule has 0 unspecified atom stereocenters. The Morgan fingerprint density at radius 1 is 1.31 bits per heavy atom. The number of carbonyl (C=O) groups is 2. The Kier molecular flexibility index (Phi) is 4.07. The minimum absolute atomic E-state index is 0.283. The molecule has 0 aliphatic rings. The maximum atomic E-state index is 11.7. The molecule has 0 atom stereocenters. The Balaban J connectivity index is 3.31. The van der Waals surface area contributed by atoms with Crippen LogP contribution < -0.4 is 4.74 Å². The summed E-state index contributed by atoms with van der Waals surface area (Å²) in [4.78, 5) is 23.0. The monoisotopic (exact) mass is 240 g/mol. The second-order valence-electron chi connectivity index (χ2n) is 3.55. The van der Waals surface area contributed by atoms with Crippen molar-refractivity contribution < 1.29 is 14.3 Å². The molecule has 0 radical (unpaired) electrons. The van der Waals surface area contributed by atoms with Gasteiger partial charge in [-0.1, -0.05) is 6.07 Å². The molecular weight excluding hydrogens is 228 g/mol. The quantitative estimate of drug-likeness (QED) is 0.461. The summed E-state index contributed by atoms with van der Waals surface area (Å²) in [5, 5.41) is 0. The van der Waals surface area contributed by atoms with Crippen molar-refractivity contribution in [2.24, 2.45) is 0 Å².